The smallest absolute Gasteiger partial charge is 0.242 e. The maximum Gasteiger partial charge on any atom is 0.242 e. The highest BCUT2D eigenvalue weighted by Crippen LogP contribution is 2.30. The Morgan fingerprint density at radius 2 is 2.22 bits per heavy atom. The number of halogens is 1. The number of hydrogen-bond acceptors (Lipinski definition) is 3. The lowest BCUT2D eigenvalue weighted by Gasteiger charge is -2.28. The molecule has 0 aliphatic carbocycles. The van der Waals surface area contributed by atoms with Crippen molar-refractivity contribution < 1.29 is 14.0 Å². The van der Waals surface area contributed by atoms with Crippen molar-refractivity contribution in [1.29, 1.82) is 5.26 Å². The number of hydrogen-bond donors (Lipinski definition) is 0. The Morgan fingerprint density at radius 3 is 2.72 bits per heavy atom. The van der Waals surface area contributed by atoms with Gasteiger partial charge >= 0.3 is 0 Å². The van der Waals surface area contributed by atoms with E-state index in [4.69, 9.17) is 5.26 Å². The zero-order valence-electron chi connectivity index (χ0n) is 10.3. The fourth-order valence-corrected chi connectivity index (χ4v) is 1.95. The molecule has 1 atom stereocenters. The second-order valence-electron chi connectivity index (χ2n) is 4.89. The van der Waals surface area contributed by atoms with E-state index in [0.29, 0.717) is 18.3 Å². The topological polar surface area (TPSA) is 57.9 Å². The number of carbonyl (C=O) groups is 2. The van der Waals surface area contributed by atoms with E-state index in [2.05, 4.69) is 0 Å². The quantitative estimate of drug-likeness (QED) is 0.455. The Bertz CT molecular complexity index is 503. The number of nitrogens with zero attached hydrogens (tertiary/aromatic N) is 1. The second-order valence-corrected chi connectivity index (χ2v) is 4.89. The van der Waals surface area contributed by atoms with Crippen LogP contribution < -0.4 is 0 Å². The van der Waals surface area contributed by atoms with E-state index < -0.39 is 17.1 Å². The molecule has 0 aliphatic heterocycles. The molecule has 18 heavy (non-hydrogen) atoms. The third kappa shape index (κ3) is 3.24. The Kier molecular flexibility index (Phi) is 4.33. The number of benzene rings is 1. The summed E-state index contributed by atoms with van der Waals surface area (Å²) in [4.78, 5) is 22.3. The SMILES string of the molecule is CC(C)(Cc1cccc(F)c1)C(C=O)C(=O)C#N. The summed E-state index contributed by atoms with van der Waals surface area (Å²) in [6.07, 6.45) is 0.840. The van der Waals surface area contributed by atoms with E-state index in [1.54, 1.807) is 26.0 Å². The zero-order chi connectivity index (χ0) is 13.8. The summed E-state index contributed by atoms with van der Waals surface area (Å²) in [6.45, 7) is 3.43. The Balaban J connectivity index is 2.96. The maximum absolute atomic E-state index is 13.1. The van der Waals surface area contributed by atoms with Crippen LogP contribution in [0.25, 0.3) is 0 Å². The van der Waals surface area contributed by atoms with E-state index in [-0.39, 0.29) is 5.82 Å². The van der Waals surface area contributed by atoms with E-state index in [9.17, 15) is 14.0 Å². The van der Waals surface area contributed by atoms with Gasteiger partial charge in [0.2, 0.25) is 5.78 Å². The van der Waals surface area contributed by atoms with Gasteiger partial charge in [-0.2, -0.15) is 5.26 Å². The van der Waals surface area contributed by atoms with Gasteiger partial charge in [-0.3, -0.25) is 4.79 Å². The van der Waals surface area contributed by atoms with E-state index in [1.165, 1.54) is 18.2 Å². The van der Waals surface area contributed by atoms with Crippen LogP contribution in [0.1, 0.15) is 19.4 Å². The number of carbonyl (C=O) groups excluding carboxylic acids is 2. The van der Waals surface area contributed by atoms with Crippen molar-refractivity contribution in [3.8, 4) is 6.07 Å². The monoisotopic (exact) mass is 247 g/mol. The first kappa shape index (κ1) is 14.0. The fraction of sp³-hybridized carbons (Fsp3) is 0.357. The van der Waals surface area contributed by atoms with Gasteiger partial charge in [-0.15, -0.1) is 0 Å². The van der Waals surface area contributed by atoms with Gasteiger partial charge in [0.1, 0.15) is 18.2 Å². The molecule has 4 heteroatoms. The molecule has 1 rings (SSSR count). The van der Waals surface area contributed by atoms with Crippen molar-refractivity contribution in [2.45, 2.75) is 20.3 Å². The zero-order valence-corrected chi connectivity index (χ0v) is 10.3. The van der Waals surface area contributed by atoms with Crippen molar-refractivity contribution in [3.05, 3.63) is 35.6 Å². The molecule has 1 aromatic carbocycles. The van der Waals surface area contributed by atoms with Gasteiger partial charge in [0.15, 0.2) is 0 Å². The summed E-state index contributed by atoms with van der Waals surface area (Å²) >= 11 is 0. The Hall–Kier alpha value is -2.02. The minimum atomic E-state index is -0.995. The van der Waals surface area contributed by atoms with Gasteiger partial charge < -0.3 is 4.79 Å². The van der Waals surface area contributed by atoms with Crippen molar-refractivity contribution in [2.75, 3.05) is 0 Å². The van der Waals surface area contributed by atoms with Crippen LogP contribution in [0.3, 0.4) is 0 Å². The highest BCUT2D eigenvalue weighted by atomic mass is 19.1. The molecule has 0 amide bonds. The number of ketones is 1. The van der Waals surface area contributed by atoms with Crippen LogP contribution in [-0.4, -0.2) is 12.1 Å². The number of Topliss-reactive ketones (excluding diaryl/α,β-unsaturated/α-hetero) is 1. The lowest BCUT2D eigenvalue weighted by molar-refractivity contribution is -0.127. The van der Waals surface area contributed by atoms with Crippen LogP contribution in [0.2, 0.25) is 0 Å². The van der Waals surface area contributed by atoms with Crippen LogP contribution in [-0.2, 0) is 16.0 Å². The molecule has 0 aliphatic rings. The summed E-state index contributed by atoms with van der Waals surface area (Å²) in [5.41, 5.74) is -0.0277. The lowest BCUT2D eigenvalue weighted by atomic mass is 9.73. The largest absolute Gasteiger partial charge is 0.303 e. The van der Waals surface area contributed by atoms with Crippen molar-refractivity contribution in [3.63, 3.8) is 0 Å². The van der Waals surface area contributed by atoms with E-state index in [1.807, 2.05) is 0 Å². The lowest BCUT2D eigenvalue weighted by Crippen LogP contribution is -2.33. The molecule has 1 unspecified atom stereocenters. The highest BCUT2D eigenvalue weighted by Gasteiger charge is 2.35. The van der Waals surface area contributed by atoms with E-state index >= 15 is 0 Å². The van der Waals surface area contributed by atoms with Crippen LogP contribution >= 0.6 is 0 Å². The van der Waals surface area contributed by atoms with Crippen LogP contribution in [0.4, 0.5) is 4.39 Å². The standard InChI is InChI=1S/C14H14FNO2/c1-14(2,12(9-17)13(18)8-16)7-10-4-3-5-11(15)6-10/h3-6,9,12H,7H2,1-2H3. The van der Waals surface area contributed by atoms with E-state index in [0.717, 1.165) is 0 Å². The average Bonchev–Trinajstić information content (AvgIpc) is 2.28. The van der Waals surface area contributed by atoms with Crippen LogP contribution in [0, 0.1) is 28.5 Å². The Morgan fingerprint density at radius 1 is 1.56 bits per heavy atom. The number of aldehydes is 1. The number of rotatable bonds is 5. The van der Waals surface area contributed by atoms with Gasteiger partial charge in [-0.1, -0.05) is 26.0 Å². The molecule has 0 fully saturated rings. The first-order valence-electron chi connectivity index (χ1n) is 5.54. The first-order valence-corrected chi connectivity index (χ1v) is 5.54. The maximum atomic E-state index is 13.1. The summed E-state index contributed by atoms with van der Waals surface area (Å²) in [7, 11) is 0. The minimum Gasteiger partial charge on any atom is -0.303 e. The van der Waals surface area contributed by atoms with Gasteiger partial charge in [0, 0.05) is 0 Å². The molecule has 94 valence electrons. The molecule has 0 radical (unpaired) electrons. The predicted molar refractivity (Wildman–Crippen MR) is 64.1 cm³/mol. The normalized spacial score (nSPS) is 12.6. The van der Waals surface area contributed by atoms with Gasteiger partial charge in [-0.25, -0.2) is 4.39 Å². The Labute approximate surface area is 105 Å². The summed E-state index contributed by atoms with van der Waals surface area (Å²) in [5.74, 6) is -2.12. The molecular weight excluding hydrogens is 233 g/mol. The van der Waals surface area contributed by atoms with Gasteiger partial charge in [-0.05, 0) is 29.5 Å². The molecule has 0 spiro atoms. The second kappa shape index (κ2) is 5.54. The average molecular weight is 247 g/mol. The fourth-order valence-electron chi connectivity index (χ4n) is 1.95. The first-order chi connectivity index (χ1) is 8.40. The third-order valence-electron chi connectivity index (χ3n) is 2.92. The molecule has 0 bridgehead atoms. The molecule has 0 aromatic heterocycles. The van der Waals surface area contributed by atoms with Gasteiger partial charge in [0.25, 0.3) is 0 Å². The van der Waals surface area contributed by atoms with Crippen molar-refractivity contribution >= 4 is 12.1 Å². The van der Waals surface area contributed by atoms with Crippen molar-refractivity contribution in [1.82, 2.24) is 0 Å². The molecule has 0 saturated heterocycles. The minimum absolute atomic E-state index is 0.349. The molecular formula is C14H14FNO2. The summed E-state index contributed by atoms with van der Waals surface area (Å²) in [6, 6.07) is 7.46. The molecule has 0 N–H and O–H groups in total. The predicted octanol–water partition coefficient (Wildman–Crippen LogP) is 2.30. The van der Waals surface area contributed by atoms with Crippen molar-refractivity contribution in [2.24, 2.45) is 11.3 Å². The molecule has 1 aromatic rings. The molecule has 0 saturated carbocycles. The molecule has 0 heterocycles. The highest BCUT2D eigenvalue weighted by molar-refractivity contribution is 6.04. The third-order valence-corrected chi connectivity index (χ3v) is 2.92. The number of nitriles is 1. The summed E-state index contributed by atoms with van der Waals surface area (Å²) in [5, 5.41) is 8.59. The molecule has 3 nitrogen and oxygen atoms in total. The summed E-state index contributed by atoms with van der Waals surface area (Å²) < 4.78 is 13.1. The van der Waals surface area contributed by atoms with Crippen LogP contribution in [0.5, 0.6) is 0 Å². The van der Waals surface area contributed by atoms with Gasteiger partial charge in [0.05, 0.1) is 5.92 Å². The van der Waals surface area contributed by atoms with Crippen LogP contribution in [0.15, 0.2) is 24.3 Å².